The molecule has 1 amide bonds. The van der Waals surface area contributed by atoms with Crippen molar-refractivity contribution in [3.8, 4) is 0 Å². The van der Waals surface area contributed by atoms with Gasteiger partial charge in [-0.15, -0.1) is 0 Å². The molecule has 0 aliphatic carbocycles. The molecule has 0 saturated heterocycles. The second kappa shape index (κ2) is 5.31. The third-order valence-corrected chi connectivity index (χ3v) is 2.77. The molecule has 5 heteroatoms. The molecule has 0 saturated carbocycles. The molecule has 0 atom stereocenters. The lowest BCUT2D eigenvalue weighted by Crippen LogP contribution is -2.18. The molecule has 1 aromatic heterocycles. The Bertz CT molecular complexity index is 536. The van der Waals surface area contributed by atoms with Crippen LogP contribution in [0.1, 0.15) is 5.56 Å². The molecule has 1 heterocycles. The zero-order valence-electron chi connectivity index (χ0n) is 9.35. The highest BCUT2D eigenvalue weighted by molar-refractivity contribution is 14.1. The van der Waals surface area contributed by atoms with E-state index in [1.165, 1.54) is 0 Å². The van der Waals surface area contributed by atoms with Gasteiger partial charge in [-0.25, -0.2) is 0 Å². The molecule has 17 heavy (non-hydrogen) atoms. The molecule has 0 bridgehead atoms. The number of amides is 1. The van der Waals surface area contributed by atoms with Crippen molar-refractivity contribution in [1.29, 1.82) is 0 Å². The second-order valence-electron chi connectivity index (χ2n) is 3.77. The van der Waals surface area contributed by atoms with Crippen LogP contribution in [0.2, 0.25) is 0 Å². The van der Waals surface area contributed by atoms with Gasteiger partial charge in [-0.05, 0) is 47.2 Å². The van der Waals surface area contributed by atoms with Crippen molar-refractivity contribution in [2.45, 2.75) is 13.5 Å². The van der Waals surface area contributed by atoms with Crippen LogP contribution in [0, 0.1) is 10.5 Å². The number of hydrogen-bond acceptors (Lipinski definition) is 2. The highest BCUT2D eigenvalue weighted by Gasteiger charge is 2.04. The van der Waals surface area contributed by atoms with Gasteiger partial charge in [0.15, 0.2) is 0 Å². The Morgan fingerprint density at radius 1 is 1.53 bits per heavy atom. The number of nitrogens with zero attached hydrogens (tertiary/aromatic N) is 2. The number of benzene rings is 1. The van der Waals surface area contributed by atoms with Gasteiger partial charge in [-0.3, -0.25) is 9.48 Å². The highest BCUT2D eigenvalue weighted by atomic mass is 127. The Morgan fingerprint density at radius 2 is 2.35 bits per heavy atom. The highest BCUT2D eigenvalue weighted by Crippen LogP contribution is 2.09. The first-order valence-electron chi connectivity index (χ1n) is 5.18. The van der Waals surface area contributed by atoms with E-state index in [9.17, 15) is 4.79 Å². The van der Waals surface area contributed by atoms with Crippen molar-refractivity contribution < 1.29 is 4.79 Å². The summed E-state index contributed by atoms with van der Waals surface area (Å²) in [5, 5.41) is 6.90. The minimum Gasteiger partial charge on any atom is -0.324 e. The van der Waals surface area contributed by atoms with Gasteiger partial charge in [-0.1, -0.05) is 12.1 Å². The van der Waals surface area contributed by atoms with Gasteiger partial charge in [0.25, 0.3) is 0 Å². The summed E-state index contributed by atoms with van der Waals surface area (Å²) in [5.74, 6) is -0.0740. The second-order valence-corrected chi connectivity index (χ2v) is 5.02. The fourth-order valence-corrected chi connectivity index (χ4v) is 1.94. The Kier molecular flexibility index (Phi) is 3.78. The zero-order valence-corrected chi connectivity index (χ0v) is 11.5. The molecule has 0 unspecified atom stereocenters. The van der Waals surface area contributed by atoms with E-state index in [0.29, 0.717) is 0 Å². The first-order valence-corrected chi connectivity index (χ1v) is 6.26. The number of hydrogen-bond donors (Lipinski definition) is 1. The van der Waals surface area contributed by atoms with Crippen LogP contribution in [0.4, 0.5) is 5.69 Å². The quantitative estimate of drug-likeness (QED) is 0.872. The Morgan fingerprint density at radius 3 is 3.00 bits per heavy atom. The summed E-state index contributed by atoms with van der Waals surface area (Å²) in [4.78, 5) is 11.7. The molecule has 0 radical (unpaired) electrons. The lowest BCUT2D eigenvalue weighted by Gasteiger charge is -2.05. The molecule has 0 fully saturated rings. The number of rotatable bonds is 3. The maximum atomic E-state index is 11.7. The van der Waals surface area contributed by atoms with Crippen molar-refractivity contribution in [3.63, 3.8) is 0 Å². The van der Waals surface area contributed by atoms with E-state index < -0.39 is 0 Å². The number of aromatic nitrogens is 2. The predicted octanol–water partition coefficient (Wildman–Crippen LogP) is 2.43. The van der Waals surface area contributed by atoms with E-state index in [1.807, 2.05) is 37.4 Å². The topological polar surface area (TPSA) is 46.9 Å². The normalized spacial score (nSPS) is 10.2. The molecular weight excluding hydrogens is 329 g/mol. The van der Waals surface area contributed by atoms with Gasteiger partial charge in [0.2, 0.25) is 5.91 Å². The number of nitrogens with one attached hydrogen (secondary N) is 1. The first-order chi connectivity index (χ1) is 8.13. The Balaban J connectivity index is 1.98. The van der Waals surface area contributed by atoms with Crippen LogP contribution in [0.3, 0.4) is 0 Å². The van der Waals surface area contributed by atoms with E-state index in [-0.39, 0.29) is 12.5 Å². The molecule has 88 valence electrons. The average Bonchev–Trinajstić information content (AvgIpc) is 2.63. The fourth-order valence-electron chi connectivity index (χ4n) is 1.50. The van der Waals surface area contributed by atoms with Crippen molar-refractivity contribution >= 4 is 34.2 Å². The predicted molar refractivity (Wildman–Crippen MR) is 74.8 cm³/mol. The van der Waals surface area contributed by atoms with Crippen LogP contribution in [0.25, 0.3) is 0 Å². The van der Waals surface area contributed by atoms with Crippen LogP contribution in [-0.4, -0.2) is 15.7 Å². The smallest absolute Gasteiger partial charge is 0.246 e. The largest absolute Gasteiger partial charge is 0.324 e. The zero-order chi connectivity index (χ0) is 12.3. The maximum Gasteiger partial charge on any atom is 0.246 e. The molecule has 1 aromatic carbocycles. The minimum absolute atomic E-state index is 0.0740. The van der Waals surface area contributed by atoms with E-state index in [4.69, 9.17) is 0 Å². The Hall–Kier alpha value is -1.37. The van der Waals surface area contributed by atoms with Gasteiger partial charge < -0.3 is 5.32 Å². The molecule has 4 nitrogen and oxygen atoms in total. The molecule has 0 spiro atoms. The first kappa shape index (κ1) is 12.1. The fraction of sp³-hybridized carbons (Fsp3) is 0.167. The summed E-state index contributed by atoms with van der Waals surface area (Å²) in [7, 11) is 0. The summed E-state index contributed by atoms with van der Waals surface area (Å²) < 4.78 is 2.64. The Labute approximate surface area is 113 Å². The number of anilines is 1. The summed E-state index contributed by atoms with van der Waals surface area (Å²) in [6, 6.07) is 7.72. The van der Waals surface area contributed by atoms with Crippen molar-refractivity contribution in [2.24, 2.45) is 0 Å². The lowest BCUT2D eigenvalue weighted by molar-refractivity contribution is -0.116. The molecular formula is C12H12IN3O. The van der Waals surface area contributed by atoms with E-state index >= 15 is 0 Å². The van der Waals surface area contributed by atoms with Gasteiger partial charge >= 0.3 is 0 Å². The third kappa shape index (κ3) is 3.55. The summed E-state index contributed by atoms with van der Waals surface area (Å²) >= 11 is 2.16. The van der Waals surface area contributed by atoms with E-state index in [2.05, 4.69) is 33.0 Å². The van der Waals surface area contributed by atoms with Crippen LogP contribution < -0.4 is 5.32 Å². The average molecular weight is 341 g/mol. The number of aryl methyl sites for hydroxylation is 1. The van der Waals surface area contributed by atoms with E-state index in [0.717, 1.165) is 14.8 Å². The van der Waals surface area contributed by atoms with Crippen LogP contribution >= 0.6 is 22.6 Å². The third-order valence-electron chi connectivity index (χ3n) is 2.21. The summed E-state index contributed by atoms with van der Waals surface area (Å²) in [6.07, 6.45) is 3.55. The summed E-state index contributed by atoms with van der Waals surface area (Å²) in [6.45, 7) is 2.22. The van der Waals surface area contributed by atoms with Crippen LogP contribution in [0.15, 0.2) is 36.7 Å². The van der Waals surface area contributed by atoms with Gasteiger partial charge in [0.1, 0.15) is 6.54 Å². The van der Waals surface area contributed by atoms with E-state index in [1.54, 1.807) is 10.9 Å². The van der Waals surface area contributed by atoms with Gasteiger partial charge in [0.05, 0.1) is 9.77 Å². The van der Waals surface area contributed by atoms with Gasteiger partial charge in [0, 0.05) is 11.9 Å². The monoisotopic (exact) mass is 341 g/mol. The van der Waals surface area contributed by atoms with Gasteiger partial charge in [-0.2, -0.15) is 5.10 Å². The minimum atomic E-state index is -0.0740. The summed E-state index contributed by atoms with van der Waals surface area (Å²) in [5.41, 5.74) is 1.94. The molecule has 1 N–H and O–H groups in total. The lowest BCUT2D eigenvalue weighted by atomic mass is 10.2. The molecule has 2 rings (SSSR count). The SMILES string of the molecule is Cc1cccc(NC(=O)Cn2cc(I)cn2)c1. The molecule has 0 aliphatic heterocycles. The maximum absolute atomic E-state index is 11.7. The van der Waals surface area contributed by atoms with Crippen LogP contribution in [-0.2, 0) is 11.3 Å². The number of carbonyl (C=O) groups is 1. The van der Waals surface area contributed by atoms with Crippen molar-refractivity contribution in [2.75, 3.05) is 5.32 Å². The van der Waals surface area contributed by atoms with Crippen molar-refractivity contribution in [1.82, 2.24) is 9.78 Å². The van der Waals surface area contributed by atoms with Crippen LogP contribution in [0.5, 0.6) is 0 Å². The van der Waals surface area contributed by atoms with Crippen molar-refractivity contribution in [3.05, 3.63) is 45.8 Å². The molecule has 0 aliphatic rings. The molecule has 2 aromatic rings. The number of carbonyl (C=O) groups excluding carboxylic acids is 1. The standard InChI is InChI=1S/C12H12IN3O/c1-9-3-2-4-11(5-9)15-12(17)8-16-7-10(13)6-14-16/h2-7H,8H2,1H3,(H,15,17). The number of halogens is 1.